The number of nitrogens with one attached hydrogen (secondary N) is 1. The molecule has 0 saturated carbocycles. The predicted octanol–water partition coefficient (Wildman–Crippen LogP) is 2.83. The highest BCUT2D eigenvalue weighted by Crippen LogP contribution is 2.18. The van der Waals surface area contributed by atoms with Crippen LogP contribution in [0.2, 0.25) is 0 Å². The van der Waals surface area contributed by atoms with E-state index in [1.165, 1.54) is 11.3 Å². The van der Waals surface area contributed by atoms with E-state index in [0.717, 1.165) is 13.1 Å². The van der Waals surface area contributed by atoms with Gasteiger partial charge in [-0.25, -0.2) is 9.78 Å². The van der Waals surface area contributed by atoms with Crippen LogP contribution in [-0.4, -0.2) is 64.2 Å². The van der Waals surface area contributed by atoms with Gasteiger partial charge in [-0.05, 0) is 31.2 Å². The molecule has 0 aliphatic carbocycles. The van der Waals surface area contributed by atoms with Crippen molar-refractivity contribution in [1.82, 2.24) is 14.9 Å². The molecule has 1 aromatic heterocycles. The van der Waals surface area contributed by atoms with Gasteiger partial charge in [-0.3, -0.25) is 9.59 Å². The van der Waals surface area contributed by atoms with E-state index in [2.05, 4.69) is 46.1 Å². The molecule has 2 N–H and O–H groups in total. The Morgan fingerprint density at radius 2 is 1.58 bits per heavy atom. The van der Waals surface area contributed by atoms with E-state index < -0.39 is 12.1 Å². The number of aliphatic carboxylic acids is 1. The Morgan fingerprint density at radius 3 is 2.15 bits per heavy atom. The highest BCUT2D eigenvalue weighted by atomic mass is 19.4. The van der Waals surface area contributed by atoms with Crippen molar-refractivity contribution >= 4 is 28.5 Å². The summed E-state index contributed by atoms with van der Waals surface area (Å²) in [6.07, 6.45) is -5.08. The maximum atomic E-state index is 12.8. The average molecular weight is 462 g/mol. The van der Waals surface area contributed by atoms with E-state index >= 15 is 0 Å². The van der Waals surface area contributed by atoms with Gasteiger partial charge in [0.2, 0.25) is 0 Å². The van der Waals surface area contributed by atoms with Crippen LogP contribution in [0.4, 0.5) is 18.9 Å². The number of para-hydroxylation sites is 1. The van der Waals surface area contributed by atoms with E-state index in [9.17, 15) is 22.8 Å². The first kappa shape index (κ1) is 23.8. The summed E-state index contributed by atoms with van der Waals surface area (Å²) in [6, 6.07) is 15.4. The maximum Gasteiger partial charge on any atom is 0.490 e. The fraction of sp³-hybridized carbons (Fsp3) is 0.273. The molecule has 1 aliphatic heterocycles. The number of halogens is 3. The van der Waals surface area contributed by atoms with E-state index in [1.807, 2.05) is 6.07 Å². The van der Waals surface area contributed by atoms with Gasteiger partial charge in [0.05, 0.1) is 10.9 Å². The van der Waals surface area contributed by atoms with Crippen LogP contribution < -0.4 is 10.5 Å². The summed E-state index contributed by atoms with van der Waals surface area (Å²) in [4.78, 5) is 44.8. The summed E-state index contributed by atoms with van der Waals surface area (Å²) in [5.74, 6) is -2.87. The van der Waals surface area contributed by atoms with Crippen molar-refractivity contribution in [1.29, 1.82) is 0 Å². The van der Waals surface area contributed by atoms with Crippen LogP contribution in [0, 0.1) is 6.92 Å². The van der Waals surface area contributed by atoms with Gasteiger partial charge >= 0.3 is 12.1 Å². The number of carboxylic acids is 1. The molecule has 1 fully saturated rings. The molecular formula is C22H21F3N4O4. The van der Waals surface area contributed by atoms with E-state index in [-0.39, 0.29) is 17.3 Å². The number of piperazine rings is 1. The number of aromatic amines is 1. The summed E-state index contributed by atoms with van der Waals surface area (Å²) in [5.41, 5.74) is 2.66. The van der Waals surface area contributed by atoms with Crippen molar-refractivity contribution in [2.24, 2.45) is 0 Å². The number of carbonyl (C=O) groups is 2. The zero-order valence-electron chi connectivity index (χ0n) is 17.6. The largest absolute Gasteiger partial charge is 0.490 e. The van der Waals surface area contributed by atoms with Crippen molar-refractivity contribution in [2.75, 3.05) is 31.1 Å². The van der Waals surface area contributed by atoms with Crippen molar-refractivity contribution in [3.05, 3.63) is 70.3 Å². The van der Waals surface area contributed by atoms with Gasteiger partial charge in [-0.15, -0.1) is 0 Å². The Morgan fingerprint density at radius 1 is 1.00 bits per heavy atom. The first-order chi connectivity index (χ1) is 15.6. The van der Waals surface area contributed by atoms with Crippen molar-refractivity contribution in [3.8, 4) is 0 Å². The van der Waals surface area contributed by atoms with E-state index in [4.69, 9.17) is 9.90 Å². The van der Waals surface area contributed by atoms with Crippen LogP contribution >= 0.6 is 0 Å². The Labute approximate surface area is 186 Å². The first-order valence-electron chi connectivity index (χ1n) is 9.96. The zero-order valence-corrected chi connectivity index (χ0v) is 17.6. The van der Waals surface area contributed by atoms with E-state index in [0.29, 0.717) is 24.0 Å². The fourth-order valence-electron chi connectivity index (χ4n) is 3.26. The van der Waals surface area contributed by atoms with Crippen LogP contribution in [0.25, 0.3) is 10.9 Å². The second-order valence-electron chi connectivity index (χ2n) is 7.35. The van der Waals surface area contributed by atoms with Crippen LogP contribution in [0.3, 0.4) is 0 Å². The van der Waals surface area contributed by atoms with Gasteiger partial charge in [0.1, 0.15) is 0 Å². The molecule has 0 bridgehead atoms. The van der Waals surface area contributed by atoms with Gasteiger partial charge in [0.15, 0.2) is 5.82 Å². The van der Waals surface area contributed by atoms with Crippen LogP contribution in [0.5, 0.6) is 0 Å². The summed E-state index contributed by atoms with van der Waals surface area (Å²) in [7, 11) is 0. The normalized spacial score (nSPS) is 13.9. The lowest BCUT2D eigenvalue weighted by atomic mass is 10.2. The summed E-state index contributed by atoms with van der Waals surface area (Å²) >= 11 is 0. The number of anilines is 1. The number of carbonyl (C=O) groups excluding carboxylic acids is 1. The highest BCUT2D eigenvalue weighted by molar-refractivity contribution is 5.92. The molecule has 0 radical (unpaired) electrons. The number of aromatic nitrogens is 2. The lowest BCUT2D eigenvalue weighted by Gasteiger charge is -2.35. The Kier molecular flexibility index (Phi) is 7.00. The number of H-pyrrole nitrogens is 1. The van der Waals surface area contributed by atoms with E-state index in [1.54, 1.807) is 23.1 Å². The van der Waals surface area contributed by atoms with Crippen LogP contribution in [-0.2, 0) is 4.79 Å². The number of aryl methyl sites for hydroxylation is 1. The van der Waals surface area contributed by atoms with Gasteiger partial charge in [0, 0.05) is 31.9 Å². The number of benzene rings is 2. The minimum atomic E-state index is -5.08. The molecule has 8 nitrogen and oxygen atoms in total. The highest BCUT2D eigenvalue weighted by Gasteiger charge is 2.38. The maximum absolute atomic E-state index is 12.8. The monoisotopic (exact) mass is 462 g/mol. The molecule has 33 heavy (non-hydrogen) atoms. The molecule has 4 rings (SSSR count). The summed E-state index contributed by atoms with van der Waals surface area (Å²) < 4.78 is 31.7. The quantitative estimate of drug-likeness (QED) is 0.607. The third-order valence-corrected chi connectivity index (χ3v) is 5.02. The molecule has 0 atom stereocenters. The van der Waals surface area contributed by atoms with Gasteiger partial charge < -0.3 is 19.9 Å². The zero-order chi connectivity index (χ0) is 24.2. The second kappa shape index (κ2) is 9.72. The molecule has 1 saturated heterocycles. The minimum absolute atomic E-state index is 0.109. The molecule has 2 heterocycles. The number of nitrogens with zero attached hydrogens (tertiary/aromatic N) is 3. The summed E-state index contributed by atoms with van der Waals surface area (Å²) in [6.45, 7) is 4.78. The second-order valence-corrected chi connectivity index (χ2v) is 7.35. The molecule has 1 aliphatic rings. The number of fused-ring (bicyclic) bond motifs is 1. The lowest BCUT2D eigenvalue weighted by molar-refractivity contribution is -0.192. The molecule has 3 aromatic rings. The van der Waals surface area contributed by atoms with Gasteiger partial charge in [-0.1, -0.05) is 29.8 Å². The number of amides is 1. The van der Waals surface area contributed by atoms with Gasteiger partial charge in [0.25, 0.3) is 11.5 Å². The fourth-order valence-corrected chi connectivity index (χ4v) is 3.26. The standard InChI is InChI=1S/C20H20N4O2.C2HF3O2/c1-14-6-8-15(9-7-14)23-10-12-24(13-11-23)20(26)18-21-17-5-3-2-4-16(17)19(25)22-18;3-2(4,5)1(6)7/h2-9H,10-13H2,1H3,(H,21,22,25);(H,6,7). The molecule has 1 amide bonds. The molecule has 174 valence electrons. The average Bonchev–Trinajstić information content (AvgIpc) is 2.79. The number of alkyl halides is 3. The first-order valence-corrected chi connectivity index (χ1v) is 9.96. The smallest absolute Gasteiger partial charge is 0.475 e. The molecule has 2 aromatic carbocycles. The third kappa shape index (κ3) is 5.88. The number of hydrogen-bond acceptors (Lipinski definition) is 5. The van der Waals surface area contributed by atoms with Gasteiger partial charge in [-0.2, -0.15) is 13.2 Å². The molecule has 0 spiro atoms. The predicted molar refractivity (Wildman–Crippen MR) is 115 cm³/mol. The van der Waals surface area contributed by atoms with Crippen molar-refractivity contribution in [3.63, 3.8) is 0 Å². The van der Waals surface area contributed by atoms with Crippen LogP contribution in [0.1, 0.15) is 16.2 Å². The Balaban J connectivity index is 0.000000383. The molecule has 11 heteroatoms. The minimum Gasteiger partial charge on any atom is -0.475 e. The summed E-state index contributed by atoms with van der Waals surface area (Å²) in [5, 5.41) is 7.62. The van der Waals surface area contributed by atoms with Crippen molar-refractivity contribution < 1.29 is 27.9 Å². The molecular weight excluding hydrogens is 441 g/mol. The molecule has 0 unspecified atom stereocenters. The van der Waals surface area contributed by atoms with Crippen LogP contribution in [0.15, 0.2) is 53.3 Å². The number of carboxylic acid groups (broad SMARTS) is 1. The number of rotatable bonds is 2. The third-order valence-electron chi connectivity index (χ3n) is 5.02. The Bertz CT molecular complexity index is 1200. The SMILES string of the molecule is Cc1ccc(N2CCN(C(=O)c3nc4ccccc4c(=O)[nH]3)CC2)cc1.O=C(O)C(F)(F)F. The topological polar surface area (TPSA) is 107 Å². The van der Waals surface area contributed by atoms with Crippen molar-refractivity contribution in [2.45, 2.75) is 13.1 Å². The number of hydrogen-bond donors (Lipinski definition) is 2. The Hall–Kier alpha value is -3.89. The lowest BCUT2D eigenvalue weighted by Crippen LogP contribution is -2.49.